The van der Waals surface area contributed by atoms with Crippen LogP contribution in [0, 0.1) is 5.92 Å². The Bertz CT molecular complexity index is 609. The molecule has 3 heterocycles. The van der Waals surface area contributed by atoms with Crippen LogP contribution in [-0.2, 0) is 9.53 Å². The van der Waals surface area contributed by atoms with Gasteiger partial charge in [-0.25, -0.2) is 4.79 Å². The molecule has 0 radical (unpaired) electrons. The second kappa shape index (κ2) is 10.9. The van der Waals surface area contributed by atoms with Gasteiger partial charge in [0.1, 0.15) is 0 Å². The zero-order valence-corrected chi connectivity index (χ0v) is 18.5. The van der Waals surface area contributed by atoms with Gasteiger partial charge in [0.05, 0.1) is 6.61 Å². The minimum atomic E-state index is -4.78. The van der Waals surface area contributed by atoms with Crippen molar-refractivity contribution in [1.29, 1.82) is 0 Å². The first-order chi connectivity index (χ1) is 14.8. The summed E-state index contributed by atoms with van der Waals surface area (Å²) in [5.74, 6) is -1.51. The van der Waals surface area contributed by atoms with Crippen LogP contribution >= 0.6 is 0 Å². The monoisotopic (exact) mass is 447 g/mol. The van der Waals surface area contributed by atoms with Crippen LogP contribution in [0.5, 0.6) is 0 Å². The van der Waals surface area contributed by atoms with Crippen molar-refractivity contribution in [3.8, 4) is 0 Å². The van der Waals surface area contributed by atoms with E-state index in [-0.39, 0.29) is 24.6 Å². The molecule has 3 rings (SSSR count). The van der Waals surface area contributed by atoms with Gasteiger partial charge in [-0.3, -0.25) is 4.79 Å². The summed E-state index contributed by atoms with van der Waals surface area (Å²) in [4.78, 5) is 29.2. The van der Waals surface area contributed by atoms with Gasteiger partial charge in [0.15, 0.2) is 0 Å². The lowest BCUT2D eigenvalue weighted by molar-refractivity contribution is -0.187. The molecule has 0 bridgehead atoms. The highest BCUT2D eigenvalue weighted by Gasteiger charge is 2.47. The highest BCUT2D eigenvalue weighted by Crippen LogP contribution is 2.35. The third-order valence-corrected chi connectivity index (χ3v) is 7.14. The Labute approximate surface area is 183 Å². The van der Waals surface area contributed by atoms with E-state index >= 15 is 0 Å². The number of ether oxygens (including phenoxy) is 1. The van der Waals surface area contributed by atoms with E-state index in [9.17, 15) is 22.8 Å². The minimum absolute atomic E-state index is 0.153. The maximum Gasteiger partial charge on any atom is 0.471 e. The molecule has 9 heteroatoms. The van der Waals surface area contributed by atoms with Crippen LogP contribution < -0.4 is 0 Å². The van der Waals surface area contributed by atoms with Crippen molar-refractivity contribution >= 4 is 12.0 Å². The van der Waals surface area contributed by atoms with Crippen molar-refractivity contribution in [3.05, 3.63) is 0 Å². The summed E-state index contributed by atoms with van der Waals surface area (Å²) in [6, 6.07) is 0.189. The van der Waals surface area contributed by atoms with Gasteiger partial charge < -0.3 is 19.4 Å². The molecule has 0 spiro atoms. The number of carbonyl (C=O) groups is 2. The first kappa shape index (κ1) is 24.1. The number of amides is 2. The fraction of sp³-hybridized carbons (Fsp3) is 0.909. The number of rotatable bonds is 3. The Hall–Kier alpha value is -1.51. The molecule has 3 aliphatic rings. The lowest BCUT2D eigenvalue weighted by Crippen LogP contribution is -2.50. The summed E-state index contributed by atoms with van der Waals surface area (Å²) in [5, 5.41) is 0. The smallest absolute Gasteiger partial charge is 0.450 e. The van der Waals surface area contributed by atoms with E-state index in [4.69, 9.17) is 4.74 Å². The Morgan fingerprint density at radius 2 is 1.52 bits per heavy atom. The number of hydrogen-bond acceptors (Lipinski definition) is 4. The Morgan fingerprint density at radius 3 is 2.19 bits per heavy atom. The summed E-state index contributed by atoms with van der Waals surface area (Å²) in [6.45, 7) is 5.63. The number of likely N-dealkylation sites (tertiary alicyclic amines) is 2. The lowest BCUT2D eigenvalue weighted by Gasteiger charge is -2.41. The summed E-state index contributed by atoms with van der Waals surface area (Å²) in [6.07, 6.45) is 3.07. The van der Waals surface area contributed by atoms with Crippen LogP contribution in [0.1, 0.15) is 64.7 Å². The van der Waals surface area contributed by atoms with Gasteiger partial charge in [0.2, 0.25) is 0 Å². The maximum absolute atomic E-state index is 12.9. The van der Waals surface area contributed by atoms with Crippen molar-refractivity contribution in [1.82, 2.24) is 14.7 Å². The first-order valence-corrected chi connectivity index (χ1v) is 11.8. The van der Waals surface area contributed by atoms with Crippen LogP contribution in [-0.4, -0.2) is 84.3 Å². The normalized spacial score (nSPS) is 27.5. The Kier molecular flexibility index (Phi) is 8.47. The van der Waals surface area contributed by atoms with E-state index in [1.54, 1.807) is 0 Å². The molecule has 2 amide bonds. The van der Waals surface area contributed by atoms with E-state index in [1.165, 1.54) is 0 Å². The lowest BCUT2D eigenvalue weighted by atomic mass is 9.86. The summed E-state index contributed by atoms with van der Waals surface area (Å²) in [5.41, 5.74) is 0. The van der Waals surface area contributed by atoms with Gasteiger partial charge in [-0.15, -0.1) is 0 Å². The minimum Gasteiger partial charge on any atom is -0.450 e. The summed E-state index contributed by atoms with van der Waals surface area (Å²) in [7, 11) is 0. The first-order valence-electron chi connectivity index (χ1n) is 11.8. The van der Waals surface area contributed by atoms with Crippen LogP contribution in [0.15, 0.2) is 0 Å². The molecule has 178 valence electrons. The topological polar surface area (TPSA) is 53.1 Å². The van der Waals surface area contributed by atoms with Gasteiger partial charge in [-0.05, 0) is 77.3 Å². The number of carbonyl (C=O) groups excluding carboxylic acids is 2. The van der Waals surface area contributed by atoms with Gasteiger partial charge >= 0.3 is 18.2 Å². The van der Waals surface area contributed by atoms with Crippen LogP contribution in [0.3, 0.4) is 0 Å². The van der Waals surface area contributed by atoms with E-state index in [0.717, 1.165) is 69.5 Å². The molecule has 2 unspecified atom stereocenters. The average molecular weight is 448 g/mol. The Balaban J connectivity index is 1.50. The molecule has 3 fully saturated rings. The number of piperidine rings is 1. The van der Waals surface area contributed by atoms with Crippen LogP contribution in [0.4, 0.5) is 18.0 Å². The number of alkyl halides is 3. The molecule has 0 aliphatic carbocycles. The molecule has 0 aromatic heterocycles. The van der Waals surface area contributed by atoms with Crippen molar-refractivity contribution in [3.63, 3.8) is 0 Å². The second-order valence-corrected chi connectivity index (χ2v) is 9.06. The van der Waals surface area contributed by atoms with Crippen LogP contribution in [0.25, 0.3) is 0 Å². The fourth-order valence-electron chi connectivity index (χ4n) is 5.59. The Morgan fingerprint density at radius 1 is 0.871 bits per heavy atom. The zero-order chi connectivity index (χ0) is 22.4. The molecule has 0 aromatic carbocycles. The molecule has 6 nitrogen and oxygen atoms in total. The molecular weight excluding hydrogens is 411 g/mol. The highest BCUT2D eigenvalue weighted by molar-refractivity contribution is 5.82. The molecule has 2 atom stereocenters. The largest absolute Gasteiger partial charge is 0.471 e. The summed E-state index contributed by atoms with van der Waals surface area (Å²) < 4.78 is 44.0. The number of hydrogen-bond donors (Lipinski definition) is 0. The van der Waals surface area contributed by atoms with E-state index in [2.05, 4.69) is 4.90 Å². The summed E-state index contributed by atoms with van der Waals surface area (Å²) >= 11 is 0. The highest BCUT2D eigenvalue weighted by atomic mass is 19.4. The van der Waals surface area contributed by atoms with Crippen molar-refractivity contribution in [2.45, 2.75) is 83.0 Å². The third-order valence-electron chi connectivity index (χ3n) is 7.14. The predicted octanol–water partition coefficient (Wildman–Crippen LogP) is 4.04. The van der Waals surface area contributed by atoms with E-state index < -0.39 is 12.1 Å². The quantitative estimate of drug-likeness (QED) is 0.655. The van der Waals surface area contributed by atoms with Crippen molar-refractivity contribution in [2.24, 2.45) is 5.92 Å². The van der Waals surface area contributed by atoms with Gasteiger partial charge in [-0.1, -0.05) is 6.42 Å². The second-order valence-electron chi connectivity index (χ2n) is 9.06. The molecule has 3 saturated heterocycles. The maximum atomic E-state index is 12.9. The molecule has 0 aromatic rings. The van der Waals surface area contributed by atoms with Crippen LogP contribution in [0.2, 0.25) is 0 Å². The molecule has 0 saturated carbocycles. The van der Waals surface area contributed by atoms with Gasteiger partial charge in [-0.2, -0.15) is 13.2 Å². The number of nitrogens with zero attached hydrogens (tertiary/aromatic N) is 3. The zero-order valence-electron chi connectivity index (χ0n) is 18.5. The molecular formula is C22H36F3N3O3. The van der Waals surface area contributed by atoms with Gasteiger partial charge in [0, 0.05) is 31.7 Å². The number of halogens is 3. The standard InChI is InChI=1S/C22H36F3N3O3/c1-2-31-21(30)27-12-4-3-7-18(8-5-13-27)26-15-10-17(11-16-26)19-9-6-14-28(19)20(29)22(23,24)25/h17-19H,2-16H2,1H3. The van der Waals surface area contributed by atoms with Gasteiger partial charge in [0.25, 0.3) is 0 Å². The van der Waals surface area contributed by atoms with Crippen molar-refractivity contribution < 1.29 is 27.5 Å². The predicted molar refractivity (Wildman–Crippen MR) is 111 cm³/mol. The van der Waals surface area contributed by atoms with E-state index in [1.807, 2.05) is 11.8 Å². The SMILES string of the molecule is CCOC(=O)N1CCCCC(N2CCC(C3CCCN3C(=O)C(F)(F)F)CC2)CCC1. The third kappa shape index (κ3) is 6.26. The van der Waals surface area contributed by atoms with Crippen molar-refractivity contribution in [2.75, 3.05) is 39.3 Å². The average Bonchev–Trinajstić information content (AvgIpc) is 3.25. The molecule has 3 aliphatic heterocycles. The fourth-order valence-corrected chi connectivity index (χ4v) is 5.59. The molecule has 31 heavy (non-hydrogen) atoms. The molecule has 0 N–H and O–H groups in total. The van der Waals surface area contributed by atoms with E-state index in [0.29, 0.717) is 32.0 Å².